The quantitative estimate of drug-likeness (QED) is 0.790. The van der Waals surface area contributed by atoms with Crippen LogP contribution in [0.1, 0.15) is 24.1 Å². The fourth-order valence-corrected chi connectivity index (χ4v) is 1.58. The van der Waals surface area contributed by atoms with E-state index in [2.05, 4.69) is 50.1 Å². The zero-order chi connectivity index (χ0) is 10.6. The van der Waals surface area contributed by atoms with Crippen LogP contribution in [-0.2, 0) is 0 Å². The van der Waals surface area contributed by atoms with Gasteiger partial charge in [0.25, 0.3) is 0 Å². The smallest absolute Gasteiger partial charge is 0.0317 e. The number of likely N-dealkylation sites (N-methyl/N-ethyl adjacent to an activating group) is 1. The van der Waals surface area contributed by atoms with Gasteiger partial charge < -0.3 is 5.73 Å². The Bertz CT molecular complexity index is 283. The van der Waals surface area contributed by atoms with Gasteiger partial charge in [-0.05, 0) is 26.5 Å². The second-order valence-electron chi connectivity index (χ2n) is 3.86. The first-order valence-electron chi connectivity index (χ1n) is 5.12. The van der Waals surface area contributed by atoms with Crippen LogP contribution in [0.2, 0.25) is 0 Å². The van der Waals surface area contributed by atoms with Crippen LogP contribution in [0.4, 0.5) is 0 Å². The van der Waals surface area contributed by atoms with Crippen molar-refractivity contribution in [1.29, 1.82) is 0 Å². The van der Waals surface area contributed by atoms with Crippen molar-refractivity contribution in [2.24, 2.45) is 5.73 Å². The first-order valence-corrected chi connectivity index (χ1v) is 5.12. The highest BCUT2D eigenvalue weighted by atomic mass is 15.1. The molecule has 0 fully saturated rings. The highest BCUT2D eigenvalue weighted by molar-refractivity contribution is 5.24. The van der Waals surface area contributed by atoms with Gasteiger partial charge in [0, 0.05) is 19.1 Å². The highest BCUT2D eigenvalue weighted by Crippen LogP contribution is 2.18. The monoisotopic (exact) mass is 192 g/mol. The Labute approximate surface area is 86.7 Å². The lowest BCUT2D eigenvalue weighted by molar-refractivity contribution is 0.269. The molecule has 2 heteroatoms. The number of hydrogen-bond acceptors (Lipinski definition) is 2. The maximum Gasteiger partial charge on any atom is 0.0317 e. The van der Waals surface area contributed by atoms with Gasteiger partial charge in [0.05, 0.1) is 0 Å². The fourth-order valence-electron chi connectivity index (χ4n) is 1.58. The van der Waals surface area contributed by atoms with Gasteiger partial charge in [-0.25, -0.2) is 0 Å². The zero-order valence-corrected chi connectivity index (χ0v) is 9.33. The zero-order valence-electron chi connectivity index (χ0n) is 9.33. The van der Waals surface area contributed by atoms with Crippen molar-refractivity contribution < 1.29 is 0 Å². The first-order chi connectivity index (χ1) is 6.65. The summed E-state index contributed by atoms with van der Waals surface area (Å²) in [4.78, 5) is 2.27. The molecule has 78 valence electrons. The largest absolute Gasteiger partial charge is 0.329 e. The summed E-state index contributed by atoms with van der Waals surface area (Å²) in [6, 6.07) is 9.08. The van der Waals surface area contributed by atoms with Crippen LogP contribution in [0.3, 0.4) is 0 Å². The summed E-state index contributed by atoms with van der Waals surface area (Å²) in [5.74, 6) is 0. The molecule has 0 bridgehead atoms. The Balaban J connectivity index is 2.73. The predicted molar refractivity (Wildman–Crippen MR) is 61.3 cm³/mol. The van der Waals surface area contributed by atoms with Crippen LogP contribution < -0.4 is 5.73 Å². The summed E-state index contributed by atoms with van der Waals surface area (Å²) in [6.45, 7) is 5.99. The number of aryl methyl sites for hydroxylation is 1. The Morgan fingerprint density at radius 1 is 1.43 bits per heavy atom. The van der Waals surface area contributed by atoms with E-state index in [1.165, 1.54) is 11.1 Å². The summed E-state index contributed by atoms with van der Waals surface area (Å²) >= 11 is 0. The summed E-state index contributed by atoms with van der Waals surface area (Å²) in [7, 11) is 2.11. The maximum absolute atomic E-state index is 5.53. The van der Waals surface area contributed by atoms with E-state index in [1.54, 1.807) is 0 Å². The van der Waals surface area contributed by atoms with Crippen molar-refractivity contribution in [1.82, 2.24) is 4.90 Å². The summed E-state index contributed by atoms with van der Waals surface area (Å²) in [6.07, 6.45) is 0. The molecule has 2 N–H and O–H groups in total. The molecule has 1 rings (SSSR count). The first kappa shape index (κ1) is 11.2. The predicted octanol–water partition coefficient (Wildman–Crippen LogP) is 1.95. The average Bonchev–Trinajstić information content (AvgIpc) is 2.17. The van der Waals surface area contributed by atoms with Crippen molar-refractivity contribution in [2.75, 3.05) is 20.1 Å². The molecule has 1 aromatic rings. The van der Waals surface area contributed by atoms with E-state index < -0.39 is 0 Å². The van der Waals surface area contributed by atoms with Gasteiger partial charge in [0.1, 0.15) is 0 Å². The van der Waals surface area contributed by atoms with Crippen LogP contribution in [-0.4, -0.2) is 25.0 Å². The lowest BCUT2D eigenvalue weighted by atomic mass is 10.1. The van der Waals surface area contributed by atoms with Crippen molar-refractivity contribution in [3.8, 4) is 0 Å². The Morgan fingerprint density at radius 2 is 2.14 bits per heavy atom. The lowest BCUT2D eigenvalue weighted by Gasteiger charge is -2.24. The van der Waals surface area contributed by atoms with Crippen LogP contribution >= 0.6 is 0 Å². The molecule has 0 radical (unpaired) electrons. The molecule has 0 aliphatic heterocycles. The van der Waals surface area contributed by atoms with Crippen LogP contribution in [0, 0.1) is 6.92 Å². The minimum absolute atomic E-state index is 0.443. The number of rotatable bonds is 4. The Hall–Kier alpha value is -0.860. The molecule has 0 amide bonds. The number of benzene rings is 1. The van der Waals surface area contributed by atoms with Gasteiger partial charge in [-0.15, -0.1) is 0 Å². The minimum atomic E-state index is 0.443. The van der Waals surface area contributed by atoms with Crippen molar-refractivity contribution in [2.45, 2.75) is 19.9 Å². The summed E-state index contributed by atoms with van der Waals surface area (Å²) in [5, 5.41) is 0. The van der Waals surface area contributed by atoms with Gasteiger partial charge in [-0.2, -0.15) is 0 Å². The third kappa shape index (κ3) is 2.82. The molecule has 1 atom stereocenters. The molecule has 0 heterocycles. The lowest BCUT2D eigenvalue weighted by Crippen LogP contribution is -2.28. The second-order valence-corrected chi connectivity index (χ2v) is 3.86. The molecule has 0 aliphatic rings. The Morgan fingerprint density at radius 3 is 2.71 bits per heavy atom. The highest BCUT2D eigenvalue weighted by Gasteiger charge is 2.09. The van der Waals surface area contributed by atoms with Crippen molar-refractivity contribution in [3.05, 3.63) is 35.4 Å². The molecule has 0 aromatic heterocycles. The van der Waals surface area contributed by atoms with Crippen molar-refractivity contribution in [3.63, 3.8) is 0 Å². The fraction of sp³-hybridized carbons (Fsp3) is 0.500. The van der Waals surface area contributed by atoms with E-state index in [-0.39, 0.29) is 0 Å². The molecule has 1 aromatic carbocycles. The molecule has 2 nitrogen and oxygen atoms in total. The third-order valence-corrected chi connectivity index (χ3v) is 2.67. The standard InChI is InChI=1S/C12H20N2/c1-10-5-4-6-12(9-10)11(2)14(3)8-7-13/h4-6,9,11H,7-8,13H2,1-3H3. The van der Waals surface area contributed by atoms with E-state index in [0.717, 1.165) is 6.54 Å². The van der Waals surface area contributed by atoms with E-state index in [4.69, 9.17) is 5.73 Å². The van der Waals surface area contributed by atoms with E-state index >= 15 is 0 Å². The second kappa shape index (κ2) is 5.13. The molecule has 0 saturated carbocycles. The molecular formula is C12H20N2. The van der Waals surface area contributed by atoms with Gasteiger partial charge in [0.2, 0.25) is 0 Å². The molecule has 0 spiro atoms. The van der Waals surface area contributed by atoms with E-state index in [0.29, 0.717) is 12.6 Å². The number of hydrogen-bond donors (Lipinski definition) is 1. The Kier molecular flexibility index (Phi) is 4.11. The van der Waals surface area contributed by atoms with E-state index in [1.807, 2.05) is 0 Å². The van der Waals surface area contributed by atoms with Crippen LogP contribution in [0.5, 0.6) is 0 Å². The minimum Gasteiger partial charge on any atom is -0.329 e. The SMILES string of the molecule is Cc1cccc(C(C)N(C)CCN)c1. The maximum atomic E-state index is 5.53. The number of nitrogens with two attached hydrogens (primary N) is 1. The third-order valence-electron chi connectivity index (χ3n) is 2.67. The molecule has 0 aliphatic carbocycles. The van der Waals surface area contributed by atoms with Crippen molar-refractivity contribution >= 4 is 0 Å². The topological polar surface area (TPSA) is 29.3 Å². The van der Waals surface area contributed by atoms with Gasteiger partial charge in [0.15, 0.2) is 0 Å². The van der Waals surface area contributed by atoms with Crippen LogP contribution in [0.25, 0.3) is 0 Å². The normalized spacial score (nSPS) is 13.2. The summed E-state index contributed by atoms with van der Waals surface area (Å²) < 4.78 is 0. The van der Waals surface area contributed by atoms with Gasteiger partial charge in [-0.1, -0.05) is 29.8 Å². The molecule has 1 unspecified atom stereocenters. The molecule has 14 heavy (non-hydrogen) atoms. The average molecular weight is 192 g/mol. The molecular weight excluding hydrogens is 172 g/mol. The van der Waals surface area contributed by atoms with E-state index in [9.17, 15) is 0 Å². The number of nitrogens with zero attached hydrogens (tertiary/aromatic N) is 1. The van der Waals surface area contributed by atoms with Gasteiger partial charge >= 0.3 is 0 Å². The van der Waals surface area contributed by atoms with Gasteiger partial charge in [-0.3, -0.25) is 4.90 Å². The van der Waals surface area contributed by atoms with Crippen LogP contribution in [0.15, 0.2) is 24.3 Å². The summed E-state index contributed by atoms with van der Waals surface area (Å²) in [5.41, 5.74) is 8.21. The molecule has 0 saturated heterocycles.